The summed E-state index contributed by atoms with van der Waals surface area (Å²) in [5.41, 5.74) is -0.636. The van der Waals surface area contributed by atoms with Crippen LogP contribution in [0.2, 0.25) is 0 Å². The van der Waals surface area contributed by atoms with E-state index in [9.17, 15) is 34.6 Å². The number of nitrogens with one attached hydrogen (secondary N) is 1. The van der Waals surface area contributed by atoms with Crippen molar-refractivity contribution in [3.63, 3.8) is 0 Å². The average Bonchev–Trinajstić information content (AvgIpc) is 2.69. The van der Waals surface area contributed by atoms with Gasteiger partial charge in [-0.25, -0.2) is 4.79 Å². The molecule has 1 N–H and O–H groups in total. The molecular formula is C19H33N3O12. The highest BCUT2D eigenvalue weighted by molar-refractivity contribution is 5.70. The third kappa shape index (κ3) is 19.3. The minimum absolute atomic E-state index is 0.0399. The minimum Gasteiger partial charge on any atom is -0.464 e. The predicted molar refractivity (Wildman–Crippen MR) is 113 cm³/mol. The van der Waals surface area contributed by atoms with Crippen molar-refractivity contribution >= 4 is 18.5 Å². The zero-order valence-corrected chi connectivity index (χ0v) is 19.6. The van der Waals surface area contributed by atoms with Crippen LogP contribution in [0.5, 0.6) is 0 Å². The van der Waals surface area contributed by atoms with E-state index in [4.69, 9.17) is 14.2 Å². The van der Waals surface area contributed by atoms with Crippen molar-refractivity contribution in [2.75, 3.05) is 19.8 Å². The lowest BCUT2D eigenvalue weighted by molar-refractivity contribution is -0.790. The van der Waals surface area contributed by atoms with Crippen LogP contribution in [0.4, 0.5) is 4.79 Å². The van der Waals surface area contributed by atoms with Crippen LogP contribution >= 0.6 is 0 Å². The topological polar surface area (TPSA) is 196 Å². The fourth-order valence-electron chi connectivity index (χ4n) is 2.68. The highest BCUT2D eigenvalue weighted by atomic mass is 17.0. The van der Waals surface area contributed by atoms with E-state index in [0.717, 1.165) is 0 Å². The first-order chi connectivity index (χ1) is 15.9. The van der Waals surface area contributed by atoms with Gasteiger partial charge in [-0.15, -0.1) is 20.2 Å². The molecule has 15 heteroatoms. The van der Waals surface area contributed by atoms with Crippen LogP contribution in [0, 0.1) is 20.2 Å². The second-order valence-electron chi connectivity index (χ2n) is 8.17. The highest BCUT2D eigenvalue weighted by Gasteiger charge is 2.21. The fraction of sp³-hybridized carbons (Fsp3) is 0.842. The SMILES string of the molecule is CC(C)(C)OC(=O)CC(CCCCNC(=O)OCCCCC(CO[N+](=O)[O-])O[N+](=O)[O-])OC=O. The van der Waals surface area contributed by atoms with Gasteiger partial charge >= 0.3 is 12.1 Å². The van der Waals surface area contributed by atoms with Crippen molar-refractivity contribution in [3.05, 3.63) is 20.2 Å². The van der Waals surface area contributed by atoms with E-state index in [-0.39, 0.29) is 25.9 Å². The van der Waals surface area contributed by atoms with Crippen LogP contribution in [0.1, 0.15) is 65.7 Å². The van der Waals surface area contributed by atoms with Crippen molar-refractivity contribution in [1.82, 2.24) is 5.32 Å². The molecule has 0 aliphatic heterocycles. The first kappa shape index (κ1) is 30.6. The normalized spacial score (nSPS) is 12.6. The molecule has 15 nitrogen and oxygen atoms in total. The van der Waals surface area contributed by atoms with E-state index in [0.29, 0.717) is 38.6 Å². The first-order valence-corrected chi connectivity index (χ1v) is 10.7. The molecule has 0 rings (SSSR count). The number of hydrogen-bond acceptors (Lipinski definition) is 12. The number of amides is 1. The van der Waals surface area contributed by atoms with E-state index in [1.807, 2.05) is 0 Å². The molecule has 0 aromatic heterocycles. The molecule has 2 atom stereocenters. The molecule has 0 fully saturated rings. The Morgan fingerprint density at radius 1 is 1.00 bits per heavy atom. The molecule has 0 aromatic rings. The Balaban J connectivity index is 3.98. The smallest absolute Gasteiger partial charge is 0.407 e. The number of nitrogens with zero attached hydrogens (tertiary/aromatic N) is 2. The van der Waals surface area contributed by atoms with Crippen molar-refractivity contribution in [2.45, 2.75) is 83.5 Å². The monoisotopic (exact) mass is 495 g/mol. The van der Waals surface area contributed by atoms with Crippen LogP contribution in [0.3, 0.4) is 0 Å². The maximum absolute atomic E-state index is 11.9. The van der Waals surface area contributed by atoms with Crippen LogP contribution in [-0.4, -0.2) is 66.3 Å². The Morgan fingerprint density at radius 2 is 1.65 bits per heavy atom. The van der Waals surface area contributed by atoms with Gasteiger partial charge in [0.2, 0.25) is 0 Å². The van der Waals surface area contributed by atoms with Gasteiger partial charge in [-0.3, -0.25) is 9.59 Å². The molecule has 1 amide bonds. The maximum Gasteiger partial charge on any atom is 0.407 e. The standard InChI is InChI=1S/C19H33N3O12/c1-19(2,3)33-17(24)12-15(31-14-23)8-4-6-10-20-18(25)30-11-7-5-9-16(34-22(28)29)13-32-21(26)27/h14-16H,4-13H2,1-3H3,(H,20,25). The Kier molecular flexibility index (Phi) is 15.4. The third-order valence-corrected chi connectivity index (χ3v) is 4.04. The number of rotatable bonds is 19. The third-order valence-electron chi connectivity index (χ3n) is 4.04. The number of esters is 1. The molecule has 0 aliphatic rings. The molecule has 196 valence electrons. The molecule has 0 aromatic carbocycles. The molecule has 0 saturated carbocycles. The van der Waals surface area contributed by atoms with Gasteiger partial charge in [0, 0.05) is 6.54 Å². The van der Waals surface area contributed by atoms with E-state index in [1.165, 1.54) is 0 Å². The van der Waals surface area contributed by atoms with E-state index >= 15 is 0 Å². The quantitative estimate of drug-likeness (QED) is 0.0685. The lowest BCUT2D eigenvalue weighted by Gasteiger charge is -2.21. The van der Waals surface area contributed by atoms with Gasteiger partial charge in [0.25, 0.3) is 16.6 Å². The van der Waals surface area contributed by atoms with Crippen molar-refractivity contribution in [2.24, 2.45) is 0 Å². The van der Waals surface area contributed by atoms with Gasteiger partial charge in [0.1, 0.15) is 24.4 Å². The van der Waals surface area contributed by atoms with Crippen molar-refractivity contribution in [1.29, 1.82) is 0 Å². The van der Waals surface area contributed by atoms with Crippen LogP contribution < -0.4 is 5.32 Å². The predicted octanol–water partition coefficient (Wildman–Crippen LogP) is 2.11. The Hall–Kier alpha value is -3.39. The Morgan fingerprint density at radius 3 is 2.24 bits per heavy atom. The van der Waals surface area contributed by atoms with Crippen molar-refractivity contribution in [3.8, 4) is 0 Å². The summed E-state index contributed by atoms with van der Waals surface area (Å²) in [7, 11) is 0. The minimum atomic E-state index is -1.10. The fourth-order valence-corrected chi connectivity index (χ4v) is 2.68. The molecule has 0 radical (unpaired) electrons. The summed E-state index contributed by atoms with van der Waals surface area (Å²) in [5, 5.41) is 21.0. The molecule has 0 heterocycles. The number of unbranched alkanes of at least 4 members (excludes halogenated alkanes) is 2. The van der Waals surface area contributed by atoms with Crippen molar-refractivity contribution < 1.29 is 48.4 Å². The zero-order valence-electron chi connectivity index (χ0n) is 19.6. The van der Waals surface area contributed by atoms with Gasteiger partial charge in [-0.2, -0.15) is 0 Å². The van der Waals surface area contributed by atoms with Crippen LogP contribution in [0.25, 0.3) is 0 Å². The van der Waals surface area contributed by atoms with Gasteiger partial charge in [0.05, 0.1) is 13.0 Å². The van der Waals surface area contributed by atoms with Crippen LogP contribution in [-0.2, 0) is 33.5 Å². The summed E-state index contributed by atoms with van der Waals surface area (Å²) < 4.78 is 15.1. The molecule has 0 spiro atoms. The average molecular weight is 495 g/mol. The summed E-state index contributed by atoms with van der Waals surface area (Å²) in [4.78, 5) is 63.1. The highest BCUT2D eigenvalue weighted by Crippen LogP contribution is 2.14. The number of carbonyl (C=O) groups is 3. The lowest BCUT2D eigenvalue weighted by atomic mass is 10.1. The second kappa shape index (κ2) is 17.1. The Labute approximate surface area is 196 Å². The summed E-state index contributed by atoms with van der Waals surface area (Å²) in [5.74, 6) is -0.470. The number of ether oxygens (including phenoxy) is 3. The van der Waals surface area contributed by atoms with E-state index < -0.39 is 46.7 Å². The summed E-state index contributed by atoms with van der Waals surface area (Å²) in [6, 6.07) is 0. The molecular weight excluding hydrogens is 462 g/mol. The van der Waals surface area contributed by atoms with Gasteiger partial charge in [-0.05, 0) is 59.3 Å². The molecule has 2 unspecified atom stereocenters. The number of carbonyl (C=O) groups excluding carboxylic acids is 3. The largest absolute Gasteiger partial charge is 0.464 e. The molecule has 0 bridgehead atoms. The summed E-state index contributed by atoms with van der Waals surface area (Å²) >= 11 is 0. The summed E-state index contributed by atoms with van der Waals surface area (Å²) in [6.07, 6.45) is -0.0583. The van der Waals surface area contributed by atoms with E-state index in [2.05, 4.69) is 15.0 Å². The molecule has 0 aliphatic carbocycles. The van der Waals surface area contributed by atoms with Gasteiger partial charge in [0.15, 0.2) is 0 Å². The lowest BCUT2D eigenvalue weighted by Crippen LogP contribution is -2.28. The van der Waals surface area contributed by atoms with Gasteiger partial charge in [-0.1, -0.05) is 0 Å². The van der Waals surface area contributed by atoms with Gasteiger partial charge < -0.3 is 29.2 Å². The maximum atomic E-state index is 11.9. The Bertz CT molecular complexity index is 653. The van der Waals surface area contributed by atoms with E-state index in [1.54, 1.807) is 20.8 Å². The van der Waals surface area contributed by atoms with Crippen LogP contribution in [0.15, 0.2) is 0 Å². The second-order valence-corrected chi connectivity index (χ2v) is 8.17. The number of hydrogen-bond donors (Lipinski definition) is 1. The summed E-state index contributed by atoms with van der Waals surface area (Å²) in [6.45, 7) is 5.26. The number of alkyl carbamates (subject to hydrolysis) is 1. The zero-order chi connectivity index (χ0) is 26.0. The molecule has 34 heavy (non-hydrogen) atoms. The molecule has 0 saturated heterocycles. The first-order valence-electron chi connectivity index (χ1n) is 10.7.